The molecule has 0 aliphatic heterocycles. The Morgan fingerprint density at radius 2 is 1.30 bits per heavy atom. The van der Waals surface area contributed by atoms with Crippen LogP contribution < -0.4 is 10.6 Å². The van der Waals surface area contributed by atoms with Crippen molar-refractivity contribution in [2.24, 2.45) is 0 Å². The Labute approximate surface area is 162 Å². The van der Waals surface area contributed by atoms with Crippen LogP contribution in [0.4, 0.5) is 0 Å². The van der Waals surface area contributed by atoms with Crippen LogP contribution in [0.25, 0.3) is 5.57 Å². The number of benzene rings is 3. The van der Waals surface area contributed by atoms with Crippen molar-refractivity contribution in [3.63, 3.8) is 0 Å². The maximum Gasteiger partial charge on any atom is 0.143 e. The molecule has 27 heavy (non-hydrogen) atoms. The van der Waals surface area contributed by atoms with E-state index in [1.807, 2.05) is 60.7 Å². The normalized spacial score (nSPS) is 13.3. The quantitative estimate of drug-likeness (QED) is 0.378. The molecular weight excluding hydrogens is 347 g/mol. The molecule has 0 saturated heterocycles. The molecule has 3 aromatic rings. The van der Waals surface area contributed by atoms with Gasteiger partial charge in [0.25, 0.3) is 0 Å². The van der Waals surface area contributed by atoms with Crippen LogP contribution in [-0.4, -0.2) is 6.16 Å². The molecule has 4 rings (SSSR count). The minimum atomic E-state index is -2.57. The minimum Gasteiger partial charge on any atom is -0.314 e. The lowest BCUT2D eigenvalue weighted by molar-refractivity contribution is 0.584. The Bertz CT molecular complexity index is 930. The largest absolute Gasteiger partial charge is 0.314 e. The molecule has 0 N–H and O–H groups in total. The van der Waals surface area contributed by atoms with Gasteiger partial charge in [0.15, 0.2) is 0 Å². The summed E-state index contributed by atoms with van der Waals surface area (Å²) in [4.78, 5) is 0. The first-order valence-electron chi connectivity index (χ1n) is 9.75. The number of allylic oxidation sites excluding steroid dienone is 2. The highest BCUT2D eigenvalue weighted by Gasteiger charge is 2.26. The molecule has 0 spiro atoms. The summed E-state index contributed by atoms with van der Waals surface area (Å²) in [6.07, 6.45) is 7.26. The molecule has 0 radical (unpaired) electrons. The highest BCUT2D eigenvalue weighted by molar-refractivity contribution is 7.78. The van der Waals surface area contributed by atoms with E-state index in [0.29, 0.717) is 0 Å². The van der Waals surface area contributed by atoms with E-state index >= 15 is 0 Å². The van der Waals surface area contributed by atoms with Crippen LogP contribution in [0.5, 0.6) is 0 Å². The topological polar surface area (TPSA) is 17.1 Å². The number of unbranched alkanes of at least 4 members (excludes halogenated alkanes) is 1. The van der Waals surface area contributed by atoms with Crippen molar-refractivity contribution in [1.82, 2.24) is 0 Å². The smallest absolute Gasteiger partial charge is 0.143 e. The van der Waals surface area contributed by atoms with E-state index in [1.165, 1.54) is 16.7 Å². The third kappa shape index (κ3) is 3.84. The highest BCUT2D eigenvalue weighted by atomic mass is 31.2. The molecule has 1 nitrogen and oxygen atoms in total. The second-order valence-electron chi connectivity index (χ2n) is 7.18. The third-order valence-corrected chi connectivity index (χ3v) is 8.66. The van der Waals surface area contributed by atoms with Gasteiger partial charge in [0.2, 0.25) is 0 Å². The fraction of sp³-hybridized carbons (Fsp3) is 0.200. The number of hydrogen-bond donors (Lipinski definition) is 0. The second-order valence-corrected chi connectivity index (χ2v) is 10.1. The van der Waals surface area contributed by atoms with Gasteiger partial charge in [0, 0.05) is 16.8 Å². The molecule has 3 aromatic carbocycles. The zero-order chi connectivity index (χ0) is 18.5. The van der Waals surface area contributed by atoms with Gasteiger partial charge in [-0.1, -0.05) is 91.0 Å². The van der Waals surface area contributed by atoms with Crippen LogP contribution in [-0.2, 0) is 11.0 Å². The molecule has 0 unspecified atom stereocenters. The first-order valence-corrected chi connectivity index (χ1v) is 11.6. The van der Waals surface area contributed by atoms with E-state index in [-0.39, 0.29) is 0 Å². The van der Waals surface area contributed by atoms with Crippen molar-refractivity contribution in [1.29, 1.82) is 0 Å². The van der Waals surface area contributed by atoms with Gasteiger partial charge in [-0.2, -0.15) is 0 Å². The Balaban J connectivity index is 1.45. The first-order chi connectivity index (χ1) is 13.3. The van der Waals surface area contributed by atoms with Crippen LogP contribution in [0.2, 0.25) is 0 Å². The van der Waals surface area contributed by atoms with Gasteiger partial charge in [-0.25, -0.2) is 0 Å². The van der Waals surface area contributed by atoms with E-state index in [1.54, 1.807) is 0 Å². The van der Waals surface area contributed by atoms with Crippen molar-refractivity contribution >= 4 is 23.3 Å². The van der Waals surface area contributed by atoms with Crippen molar-refractivity contribution < 1.29 is 4.57 Å². The molecule has 136 valence electrons. The Hall–Kier alpha value is -2.37. The third-order valence-electron chi connectivity index (χ3n) is 5.45. The molecule has 1 aliphatic rings. The lowest BCUT2D eigenvalue weighted by Crippen LogP contribution is -2.18. The van der Waals surface area contributed by atoms with Crippen LogP contribution in [0, 0.1) is 0 Å². The summed E-state index contributed by atoms with van der Waals surface area (Å²) in [7, 11) is -2.57. The fourth-order valence-electron chi connectivity index (χ4n) is 3.99. The summed E-state index contributed by atoms with van der Waals surface area (Å²) in [5.74, 6) is 0. The van der Waals surface area contributed by atoms with E-state index in [0.717, 1.165) is 42.5 Å². The maximum atomic E-state index is 14.0. The molecule has 0 heterocycles. The first kappa shape index (κ1) is 18.0. The molecular formula is C25H25OP. The standard InChI is InChI=1S/C25H25OP/c26-27(23-13-3-1-4-14-23,24-15-5-2-6-16-24)20-10-9-12-22-19-18-21-11-7-8-17-25(21)22/h1-8,11,13-17,19H,9-10,12,18,20H2. The fourth-order valence-corrected chi connectivity index (χ4v) is 6.78. The maximum absolute atomic E-state index is 14.0. The molecule has 2 heteroatoms. The molecule has 1 aliphatic carbocycles. The van der Waals surface area contributed by atoms with Crippen LogP contribution >= 0.6 is 7.14 Å². The lowest BCUT2D eigenvalue weighted by Gasteiger charge is -2.19. The molecule has 0 bridgehead atoms. The summed E-state index contributed by atoms with van der Waals surface area (Å²) in [6, 6.07) is 28.7. The van der Waals surface area contributed by atoms with Crippen LogP contribution in [0.15, 0.2) is 91.0 Å². The second kappa shape index (κ2) is 8.11. The van der Waals surface area contributed by atoms with E-state index in [4.69, 9.17) is 0 Å². The van der Waals surface area contributed by atoms with Gasteiger partial charge in [-0.15, -0.1) is 0 Å². The number of fused-ring (bicyclic) bond motifs is 1. The van der Waals surface area contributed by atoms with E-state index < -0.39 is 7.14 Å². The van der Waals surface area contributed by atoms with Gasteiger partial charge < -0.3 is 4.57 Å². The SMILES string of the molecule is O=P(CCCCC1=CCc2ccccc21)(c1ccccc1)c1ccccc1. The molecule has 0 saturated carbocycles. The van der Waals surface area contributed by atoms with Gasteiger partial charge in [-0.3, -0.25) is 0 Å². The summed E-state index contributed by atoms with van der Waals surface area (Å²) < 4.78 is 14.0. The highest BCUT2D eigenvalue weighted by Crippen LogP contribution is 2.44. The Morgan fingerprint density at radius 1 is 0.704 bits per heavy atom. The molecule has 0 atom stereocenters. The van der Waals surface area contributed by atoms with Gasteiger partial charge >= 0.3 is 0 Å². The summed E-state index contributed by atoms with van der Waals surface area (Å²) in [5.41, 5.74) is 4.30. The average molecular weight is 372 g/mol. The molecule has 0 amide bonds. The lowest BCUT2D eigenvalue weighted by atomic mass is 10.0. The number of rotatable bonds is 7. The average Bonchev–Trinajstić information content (AvgIpc) is 3.15. The Morgan fingerprint density at radius 3 is 1.96 bits per heavy atom. The van der Waals surface area contributed by atoms with Crippen LogP contribution in [0.3, 0.4) is 0 Å². The van der Waals surface area contributed by atoms with E-state index in [9.17, 15) is 4.57 Å². The van der Waals surface area contributed by atoms with Crippen molar-refractivity contribution in [2.75, 3.05) is 6.16 Å². The zero-order valence-corrected chi connectivity index (χ0v) is 16.4. The summed E-state index contributed by atoms with van der Waals surface area (Å²) in [6.45, 7) is 0. The van der Waals surface area contributed by atoms with Gasteiger partial charge in [0.05, 0.1) is 0 Å². The van der Waals surface area contributed by atoms with Crippen molar-refractivity contribution in [2.45, 2.75) is 25.7 Å². The predicted molar refractivity (Wildman–Crippen MR) is 117 cm³/mol. The van der Waals surface area contributed by atoms with E-state index in [2.05, 4.69) is 30.3 Å². The van der Waals surface area contributed by atoms with Gasteiger partial charge in [-0.05, 0) is 42.4 Å². The monoisotopic (exact) mass is 372 g/mol. The summed E-state index contributed by atoms with van der Waals surface area (Å²) in [5, 5.41) is 1.95. The Kier molecular flexibility index (Phi) is 5.41. The number of hydrogen-bond acceptors (Lipinski definition) is 1. The molecule has 0 aromatic heterocycles. The minimum absolute atomic E-state index is 0.732. The molecule has 0 fully saturated rings. The van der Waals surface area contributed by atoms with Crippen molar-refractivity contribution in [3.05, 3.63) is 102 Å². The van der Waals surface area contributed by atoms with Gasteiger partial charge in [0.1, 0.15) is 7.14 Å². The van der Waals surface area contributed by atoms with Crippen molar-refractivity contribution in [3.8, 4) is 0 Å². The zero-order valence-electron chi connectivity index (χ0n) is 15.6. The predicted octanol–water partition coefficient (Wildman–Crippen LogP) is 5.81. The summed E-state index contributed by atoms with van der Waals surface area (Å²) >= 11 is 0. The van der Waals surface area contributed by atoms with Crippen LogP contribution in [0.1, 0.15) is 30.4 Å².